The van der Waals surface area contributed by atoms with Crippen LogP contribution >= 0.6 is 11.6 Å². The number of nitrogens with zero attached hydrogens (tertiary/aromatic N) is 2. The molecule has 1 aliphatic heterocycles. The van der Waals surface area contributed by atoms with Gasteiger partial charge in [0.15, 0.2) is 5.96 Å². The van der Waals surface area contributed by atoms with Crippen LogP contribution in [0.5, 0.6) is 0 Å². The number of aliphatic imine (C=N–C) groups is 1. The minimum absolute atomic E-state index is 0.0468. The molecule has 1 amide bonds. The predicted octanol–water partition coefficient (Wildman–Crippen LogP) is 1.70. The molecule has 1 atom stereocenters. The van der Waals surface area contributed by atoms with Gasteiger partial charge in [0.2, 0.25) is 5.91 Å². The zero-order chi connectivity index (χ0) is 21.8. The molecule has 4 N–H and O–H groups in total. The minimum Gasteiger partial charge on any atom is -0.387 e. The van der Waals surface area contributed by atoms with Gasteiger partial charge in [0, 0.05) is 49.9 Å². The van der Waals surface area contributed by atoms with Gasteiger partial charge in [0.05, 0.1) is 25.4 Å². The zero-order valence-corrected chi connectivity index (χ0v) is 18.7. The molecule has 0 radical (unpaired) electrons. The van der Waals surface area contributed by atoms with Crippen LogP contribution in [0.25, 0.3) is 0 Å². The van der Waals surface area contributed by atoms with Crippen molar-refractivity contribution >= 4 is 29.2 Å². The number of carbonyl (C=O) groups excluding carboxylic acids is 1. The van der Waals surface area contributed by atoms with Crippen LogP contribution in [-0.2, 0) is 9.53 Å². The fraction of sp³-hybridized carbons (Fsp3) is 0.619. The summed E-state index contributed by atoms with van der Waals surface area (Å²) >= 11 is 5.85. The Morgan fingerprint density at radius 3 is 2.63 bits per heavy atom. The molecular weight excluding hydrogens is 406 g/mol. The average Bonchev–Trinajstić information content (AvgIpc) is 2.71. The minimum atomic E-state index is -0.918. The summed E-state index contributed by atoms with van der Waals surface area (Å²) in [5.74, 6) is 0.590. The number of anilines is 1. The first-order chi connectivity index (χ1) is 14.4. The number of aliphatic hydroxyl groups is 1. The van der Waals surface area contributed by atoms with Crippen molar-refractivity contribution in [1.29, 1.82) is 0 Å². The summed E-state index contributed by atoms with van der Waals surface area (Å²) < 4.78 is 5.35. The third-order valence-electron chi connectivity index (χ3n) is 4.59. The molecule has 0 spiro atoms. The number of halogens is 1. The van der Waals surface area contributed by atoms with Crippen molar-refractivity contribution < 1.29 is 14.6 Å². The molecule has 168 valence electrons. The molecule has 1 unspecified atom stereocenters. The van der Waals surface area contributed by atoms with Gasteiger partial charge in [0.1, 0.15) is 0 Å². The van der Waals surface area contributed by atoms with Gasteiger partial charge in [-0.1, -0.05) is 11.6 Å². The maximum Gasteiger partial charge on any atom is 0.224 e. The topological polar surface area (TPSA) is 98.2 Å². The molecule has 9 heteroatoms. The first-order valence-electron chi connectivity index (χ1n) is 10.5. The van der Waals surface area contributed by atoms with Crippen molar-refractivity contribution in [3.8, 4) is 0 Å². The second-order valence-corrected chi connectivity index (χ2v) is 8.10. The van der Waals surface area contributed by atoms with E-state index in [0.29, 0.717) is 56.7 Å². The number of benzene rings is 1. The molecular formula is C21H34ClN5O3. The summed E-state index contributed by atoms with van der Waals surface area (Å²) in [6, 6.07) is 7.03. The van der Waals surface area contributed by atoms with Gasteiger partial charge in [-0.3, -0.25) is 14.7 Å². The number of morpholine rings is 1. The number of β-amino-alcohol motifs (C(OH)–C–C–N with tert-alkyl or cyclic N) is 1. The molecule has 1 aromatic carbocycles. The van der Waals surface area contributed by atoms with Gasteiger partial charge in [0.25, 0.3) is 0 Å². The number of guanidine groups is 1. The second-order valence-electron chi connectivity index (χ2n) is 7.67. The Hall–Kier alpha value is -1.87. The Morgan fingerprint density at radius 1 is 1.27 bits per heavy atom. The lowest BCUT2D eigenvalue weighted by atomic mass is 10.1. The fourth-order valence-corrected chi connectivity index (χ4v) is 3.22. The molecule has 0 aliphatic carbocycles. The normalized spacial score (nSPS) is 17.3. The first kappa shape index (κ1) is 24.4. The standard InChI is InChI=1S/C21H34ClN5O3/c1-3-23-20(25-15-21(2,29)16-27-11-13-30-14-12-27)24-10-4-5-19(28)26-18-8-6-17(22)7-9-18/h6-9,29H,3-5,10-16H2,1-2H3,(H,26,28)(H2,23,24,25). The molecule has 1 heterocycles. The molecule has 1 fully saturated rings. The number of nitrogens with one attached hydrogen (secondary N) is 3. The molecule has 0 bridgehead atoms. The Bertz CT molecular complexity index is 676. The van der Waals surface area contributed by atoms with Crippen molar-refractivity contribution in [1.82, 2.24) is 15.5 Å². The SMILES string of the molecule is CCNC(=NCC(C)(O)CN1CCOCC1)NCCCC(=O)Nc1ccc(Cl)cc1. The number of ether oxygens (including phenoxy) is 1. The number of hydrogen-bond acceptors (Lipinski definition) is 5. The summed E-state index contributed by atoms with van der Waals surface area (Å²) in [6.07, 6.45) is 1.05. The van der Waals surface area contributed by atoms with Gasteiger partial charge >= 0.3 is 0 Å². The monoisotopic (exact) mass is 439 g/mol. The van der Waals surface area contributed by atoms with Crippen LogP contribution in [0.3, 0.4) is 0 Å². The zero-order valence-electron chi connectivity index (χ0n) is 17.9. The molecule has 8 nitrogen and oxygen atoms in total. The van der Waals surface area contributed by atoms with Crippen LogP contribution in [0.1, 0.15) is 26.7 Å². The number of hydrogen-bond donors (Lipinski definition) is 4. The summed E-state index contributed by atoms with van der Waals surface area (Å²) in [5.41, 5.74) is -0.187. The van der Waals surface area contributed by atoms with E-state index in [0.717, 1.165) is 18.8 Å². The van der Waals surface area contributed by atoms with E-state index in [1.807, 2.05) is 6.92 Å². The maximum atomic E-state index is 12.0. The van der Waals surface area contributed by atoms with E-state index >= 15 is 0 Å². The van der Waals surface area contributed by atoms with Crippen LogP contribution in [0.2, 0.25) is 5.02 Å². The Labute approximate surface area is 184 Å². The van der Waals surface area contributed by atoms with Crippen molar-refractivity contribution in [3.63, 3.8) is 0 Å². The molecule has 1 aliphatic rings. The highest BCUT2D eigenvalue weighted by molar-refractivity contribution is 6.30. The van der Waals surface area contributed by atoms with Crippen molar-refractivity contribution in [3.05, 3.63) is 29.3 Å². The highest BCUT2D eigenvalue weighted by atomic mass is 35.5. The van der Waals surface area contributed by atoms with Gasteiger partial charge in [-0.05, 0) is 44.5 Å². The van der Waals surface area contributed by atoms with Crippen LogP contribution < -0.4 is 16.0 Å². The molecule has 2 rings (SSSR count). The lowest BCUT2D eigenvalue weighted by Gasteiger charge is -2.33. The van der Waals surface area contributed by atoms with Gasteiger partial charge in [-0.25, -0.2) is 0 Å². The van der Waals surface area contributed by atoms with Gasteiger partial charge in [-0.15, -0.1) is 0 Å². The van der Waals surface area contributed by atoms with Crippen LogP contribution in [0.15, 0.2) is 29.3 Å². The lowest BCUT2D eigenvalue weighted by molar-refractivity contribution is -0.116. The third-order valence-corrected chi connectivity index (χ3v) is 4.84. The lowest BCUT2D eigenvalue weighted by Crippen LogP contribution is -2.48. The van der Waals surface area contributed by atoms with Gasteiger partial charge in [-0.2, -0.15) is 0 Å². The molecule has 30 heavy (non-hydrogen) atoms. The molecule has 0 saturated carbocycles. The highest BCUT2D eigenvalue weighted by Crippen LogP contribution is 2.13. The third kappa shape index (κ3) is 9.75. The Kier molecular flexibility index (Phi) is 10.4. The maximum absolute atomic E-state index is 12.0. The predicted molar refractivity (Wildman–Crippen MR) is 121 cm³/mol. The largest absolute Gasteiger partial charge is 0.387 e. The van der Waals surface area contributed by atoms with E-state index < -0.39 is 5.60 Å². The van der Waals surface area contributed by atoms with Crippen LogP contribution in [0, 0.1) is 0 Å². The van der Waals surface area contributed by atoms with E-state index in [2.05, 4.69) is 25.8 Å². The van der Waals surface area contributed by atoms with E-state index in [9.17, 15) is 9.90 Å². The summed E-state index contributed by atoms with van der Waals surface area (Å²) in [5, 5.41) is 20.6. The Balaban J connectivity index is 1.71. The first-order valence-corrected chi connectivity index (χ1v) is 10.9. The van der Waals surface area contributed by atoms with Gasteiger partial charge < -0.3 is 25.8 Å². The molecule has 0 aromatic heterocycles. The summed E-state index contributed by atoms with van der Waals surface area (Å²) in [4.78, 5) is 18.8. The average molecular weight is 440 g/mol. The van der Waals surface area contributed by atoms with Crippen LogP contribution in [-0.4, -0.2) is 80.0 Å². The molecule has 1 aromatic rings. The fourth-order valence-electron chi connectivity index (χ4n) is 3.09. The van der Waals surface area contributed by atoms with E-state index in [1.54, 1.807) is 31.2 Å². The van der Waals surface area contributed by atoms with Crippen LogP contribution in [0.4, 0.5) is 5.69 Å². The van der Waals surface area contributed by atoms with Crippen molar-refractivity contribution in [2.24, 2.45) is 4.99 Å². The van der Waals surface area contributed by atoms with Crippen molar-refractivity contribution in [2.75, 3.05) is 57.8 Å². The second kappa shape index (κ2) is 12.7. The number of amides is 1. The van der Waals surface area contributed by atoms with Crippen molar-refractivity contribution in [2.45, 2.75) is 32.3 Å². The molecule has 1 saturated heterocycles. The number of rotatable bonds is 10. The highest BCUT2D eigenvalue weighted by Gasteiger charge is 2.25. The van der Waals surface area contributed by atoms with E-state index in [1.165, 1.54) is 0 Å². The Morgan fingerprint density at radius 2 is 1.97 bits per heavy atom. The smallest absolute Gasteiger partial charge is 0.224 e. The van der Waals surface area contributed by atoms with E-state index in [4.69, 9.17) is 16.3 Å². The quantitative estimate of drug-likeness (QED) is 0.251. The summed E-state index contributed by atoms with van der Waals surface area (Å²) in [6.45, 7) is 9.02. The number of carbonyl (C=O) groups is 1. The van der Waals surface area contributed by atoms with E-state index in [-0.39, 0.29) is 12.5 Å². The summed E-state index contributed by atoms with van der Waals surface area (Å²) in [7, 11) is 0.